The number of benzene rings is 1. The van der Waals surface area contributed by atoms with Crippen molar-refractivity contribution in [2.24, 2.45) is 23.2 Å². The first kappa shape index (κ1) is 15.7. The Morgan fingerprint density at radius 1 is 1.13 bits per heavy atom. The molecule has 1 amide bonds. The lowest BCUT2D eigenvalue weighted by atomic mass is 9.48. The summed E-state index contributed by atoms with van der Waals surface area (Å²) in [5.41, 5.74) is 1.48. The fourth-order valence-corrected chi connectivity index (χ4v) is 6.21. The standard InChI is InChI=1S/C20H26BrNO/c1-13(22-19(23)9-14-2-4-18(21)5-3-14)20-10-15-6-16(11-20)8-17(7-15)12-20/h2-5,13,15-17H,6-12H2,1H3,(H,22,23)/t13-,15?,16?,17?,20?/m0/s1. The van der Waals surface area contributed by atoms with Gasteiger partial charge in [-0.05, 0) is 86.3 Å². The number of nitrogens with one attached hydrogen (secondary N) is 1. The van der Waals surface area contributed by atoms with Crippen LogP contribution in [-0.2, 0) is 11.2 Å². The monoisotopic (exact) mass is 375 g/mol. The molecule has 1 N–H and O–H groups in total. The van der Waals surface area contributed by atoms with Gasteiger partial charge in [-0.15, -0.1) is 0 Å². The summed E-state index contributed by atoms with van der Waals surface area (Å²) in [7, 11) is 0. The smallest absolute Gasteiger partial charge is 0.224 e. The van der Waals surface area contributed by atoms with Crippen LogP contribution in [0.15, 0.2) is 28.7 Å². The number of amides is 1. The molecule has 3 heteroatoms. The van der Waals surface area contributed by atoms with Crippen molar-refractivity contribution < 1.29 is 4.79 Å². The first-order valence-electron chi connectivity index (χ1n) is 9.06. The maximum atomic E-state index is 12.5. The van der Waals surface area contributed by atoms with Gasteiger partial charge in [0.1, 0.15) is 0 Å². The third-order valence-corrected chi connectivity index (χ3v) is 7.19. The molecular formula is C20H26BrNO. The minimum Gasteiger partial charge on any atom is -0.353 e. The van der Waals surface area contributed by atoms with Crippen molar-refractivity contribution in [2.45, 2.75) is 57.9 Å². The Balaban J connectivity index is 1.40. The SMILES string of the molecule is C[C@H](NC(=O)Cc1ccc(Br)cc1)C12CC3CC(CC(C3)C1)C2. The zero-order valence-corrected chi connectivity index (χ0v) is 15.4. The maximum Gasteiger partial charge on any atom is 0.224 e. The lowest BCUT2D eigenvalue weighted by molar-refractivity contribution is -0.125. The predicted molar refractivity (Wildman–Crippen MR) is 96.1 cm³/mol. The number of carbonyl (C=O) groups excluding carboxylic acids is 1. The van der Waals surface area contributed by atoms with E-state index in [0.29, 0.717) is 17.9 Å². The highest BCUT2D eigenvalue weighted by atomic mass is 79.9. The second kappa shape index (κ2) is 5.91. The summed E-state index contributed by atoms with van der Waals surface area (Å²) in [4.78, 5) is 12.5. The van der Waals surface area contributed by atoms with E-state index in [2.05, 4.69) is 28.2 Å². The van der Waals surface area contributed by atoms with Gasteiger partial charge in [0.25, 0.3) is 0 Å². The Morgan fingerprint density at radius 2 is 1.65 bits per heavy atom. The second-order valence-electron chi connectivity index (χ2n) is 8.37. The van der Waals surface area contributed by atoms with Crippen molar-refractivity contribution in [1.29, 1.82) is 0 Å². The number of hydrogen-bond donors (Lipinski definition) is 1. The molecule has 1 atom stereocenters. The van der Waals surface area contributed by atoms with Crippen LogP contribution in [0.25, 0.3) is 0 Å². The van der Waals surface area contributed by atoms with E-state index in [1.807, 2.05) is 24.3 Å². The van der Waals surface area contributed by atoms with Crippen LogP contribution in [0.5, 0.6) is 0 Å². The van der Waals surface area contributed by atoms with Gasteiger partial charge in [0, 0.05) is 10.5 Å². The number of hydrogen-bond acceptors (Lipinski definition) is 1. The maximum absolute atomic E-state index is 12.5. The van der Waals surface area contributed by atoms with E-state index in [1.54, 1.807) is 0 Å². The van der Waals surface area contributed by atoms with Gasteiger partial charge in [0.15, 0.2) is 0 Å². The van der Waals surface area contributed by atoms with Crippen molar-refractivity contribution in [2.75, 3.05) is 0 Å². The molecule has 0 heterocycles. The molecule has 4 bridgehead atoms. The van der Waals surface area contributed by atoms with Crippen LogP contribution in [-0.4, -0.2) is 11.9 Å². The summed E-state index contributed by atoms with van der Waals surface area (Å²) in [6.07, 6.45) is 8.90. The molecule has 4 fully saturated rings. The van der Waals surface area contributed by atoms with Crippen LogP contribution in [0.2, 0.25) is 0 Å². The highest BCUT2D eigenvalue weighted by Gasteiger charge is 2.53. The van der Waals surface area contributed by atoms with Gasteiger partial charge in [0.2, 0.25) is 5.91 Å². The molecular weight excluding hydrogens is 350 g/mol. The van der Waals surface area contributed by atoms with Gasteiger partial charge in [-0.3, -0.25) is 4.79 Å². The van der Waals surface area contributed by atoms with Gasteiger partial charge < -0.3 is 5.32 Å². The van der Waals surface area contributed by atoms with Crippen molar-refractivity contribution in [3.05, 3.63) is 34.3 Å². The van der Waals surface area contributed by atoms with E-state index in [-0.39, 0.29) is 5.91 Å². The first-order chi connectivity index (χ1) is 11.0. The zero-order valence-electron chi connectivity index (χ0n) is 13.9. The number of rotatable bonds is 4. The van der Waals surface area contributed by atoms with Crippen LogP contribution in [0, 0.1) is 23.2 Å². The highest BCUT2D eigenvalue weighted by molar-refractivity contribution is 9.10. The number of carbonyl (C=O) groups is 1. The van der Waals surface area contributed by atoms with Crippen LogP contribution in [0.3, 0.4) is 0 Å². The Kier molecular flexibility index (Phi) is 4.03. The molecule has 0 spiro atoms. The fourth-order valence-electron chi connectivity index (χ4n) is 5.94. The van der Waals surface area contributed by atoms with Gasteiger partial charge >= 0.3 is 0 Å². The van der Waals surface area contributed by atoms with E-state index in [4.69, 9.17) is 0 Å². The lowest BCUT2D eigenvalue weighted by Gasteiger charge is -2.59. The fraction of sp³-hybridized carbons (Fsp3) is 0.650. The molecule has 1 aromatic carbocycles. The van der Waals surface area contributed by atoms with E-state index in [0.717, 1.165) is 27.8 Å². The molecule has 0 unspecified atom stereocenters. The molecule has 0 saturated heterocycles. The molecule has 0 aliphatic heterocycles. The van der Waals surface area contributed by atoms with E-state index < -0.39 is 0 Å². The Morgan fingerprint density at radius 3 is 2.17 bits per heavy atom. The van der Waals surface area contributed by atoms with Crippen LogP contribution < -0.4 is 5.32 Å². The quantitative estimate of drug-likeness (QED) is 0.810. The average molecular weight is 376 g/mol. The van der Waals surface area contributed by atoms with Gasteiger partial charge in [-0.25, -0.2) is 0 Å². The topological polar surface area (TPSA) is 29.1 Å². The number of halogens is 1. The van der Waals surface area contributed by atoms with Gasteiger partial charge in [-0.1, -0.05) is 28.1 Å². The minimum absolute atomic E-state index is 0.176. The van der Waals surface area contributed by atoms with E-state index in [1.165, 1.54) is 38.5 Å². The normalized spacial score (nSPS) is 36.0. The third-order valence-electron chi connectivity index (χ3n) is 6.66. The molecule has 2 nitrogen and oxygen atoms in total. The molecule has 23 heavy (non-hydrogen) atoms. The Labute approximate surface area is 147 Å². The summed E-state index contributed by atoms with van der Waals surface area (Å²) < 4.78 is 1.06. The summed E-state index contributed by atoms with van der Waals surface area (Å²) >= 11 is 3.44. The molecule has 0 aromatic heterocycles. The minimum atomic E-state index is 0.176. The second-order valence-corrected chi connectivity index (χ2v) is 9.29. The van der Waals surface area contributed by atoms with Gasteiger partial charge in [-0.2, -0.15) is 0 Å². The third kappa shape index (κ3) is 3.09. The van der Waals surface area contributed by atoms with Gasteiger partial charge in [0.05, 0.1) is 6.42 Å². The molecule has 4 aliphatic rings. The summed E-state index contributed by atoms with van der Waals surface area (Å²) in [5, 5.41) is 3.35. The highest BCUT2D eigenvalue weighted by Crippen LogP contribution is 2.61. The summed E-state index contributed by atoms with van der Waals surface area (Å²) in [6, 6.07) is 8.38. The zero-order chi connectivity index (χ0) is 16.0. The summed E-state index contributed by atoms with van der Waals surface area (Å²) in [5.74, 6) is 2.99. The van der Waals surface area contributed by atoms with Crippen molar-refractivity contribution in [1.82, 2.24) is 5.32 Å². The Hall–Kier alpha value is -0.830. The largest absolute Gasteiger partial charge is 0.353 e. The molecule has 4 aliphatic carbocycles. The van der Waals surface area contributed by atoms with Crippen LogP contribution >= 0.6 is 15.9 Å². The Bertz CT molecular complexity index is 559. The average Bonchev–Trinajstić information content (AvgIpc) is 2.48. The van der Waals surface area contributed by atoms with Crippen molar-refractivity contribution in [3.8, 4) is 0 Å². The van der Waals surface area contributed by atoms with Crippen molar-refractivity contribution in [3.63, 3.8) is 0 Å². The molecule has 0 radical (unpaired) electrons. The first-order valence-corrected chi connectivity index (χ1v) is 9.85. The van der Waals surface area contributed by atoms with Crippen LogP contribution in [0.4, 0.5) is 0 Å². The van der Waals surface area contributed by atoms with E-state index >= 15 is 0 Å². The molecule has 124 valence electrons. The van der Waals surface area contributed by atoms with Crippen molar-refractivity contribution >= 4 is 21.8 Å². The van der Waals surface area contributed by atoms with E-state index in [9.17, 15) is 4.79 Å². The predicted octanol–water partition coefficient (Wildman–Crippen LogP) is 4.71. The molecule has 4 saturated carbocycles. The molecule has 5 rings (SSSR count). The lowest BCUT2D eigenvalue weighted by Crippen LogP contribution is -2.56. The van der Waals surface area contributed by atoms with Crippen LogP contribution in [0.1, 0.15) is 51.0 Å². The summed E-state index contributed by atoms with van der Waals surface area (Å²) in [6.45, 7) is 2.26. The molecule has 1 aromatic rings.